The van der Waals surface area contributed by atoms with Gasteiger partial charge in [0.05, 0.1) is 24.6 Å². The summed E-state index contributed by atoms with van der Waals surface area (Å²) in [5.41, 5.74) is -1.93. The third-order valence-electron chi connectivity index (χ3n) is 12.5. The van der Waals surface area contributed by atoms with Crippen molar-refractivity contribution in [3.05, 3.63) is 30.4 Å². The van der Waals surface area contributed by atoms with E-state index >= 15 is 0 Å². The molecule has 2 saturated carbocycles. The Bertz CT molecular complexity index is 2140. The molecule has 1 aromatic heterocycles. The number of ether oxygens (including phenoxy) is 3. The smallest absolute Gasteiger partial charge is 0.408 e. The lowest BCUT2D eigenvalue weighted by atomic mass is 9.88. The molecule has 3 N–H and O–H groups in total. The van der Waals surface area contributed by atoms with Crippen LogP contribution in [0.15, 0.2) is 30.4 Å². The number of carbonyl (C=O) groups is 4. The van der Waals surface area contributed by atoms with Crippen LogP contribution >= 0.6 is 0 Å². The van der Waals surface area contributed by atoms with Gasteiger partial charge >= 0.3 is 6.09 Å². The summed E-state index contributed by atoms with van der Waals surface area (Å²) in [6.07, 6.45) is 6.27. The Labute approximate surface area is 350 Å². The molecule has 16 nitrogen and oxygen atoms in total. The fraction of sp³-hybridized carbons (Fsp3) is 0.667. The Morgan fingerprint density at radius 2 is 1.82 bits per heavy atom. The van der Waals surface area contributed by atoms with Crippen molar-refractivity contribution in [2.45, 2.75) is 126 Å². The standard InChI is InChI=1S/C42H58FN7O9S/c1-25-11-7-8-12-27-22-42(27,37(53)48-60(55,56)41(24-43)15-16-41)47-34(51)32-21-29(23-50(32)36(52)33(26(2)19-25)45-39(54)59-40(3,4)5)58-35-30-14-13-28(57-6)20-31(30)44-38(46-35)49-17-9-10-18-49/h8,12-14,20,25-27,29,32-33H,7,9-11,15-19,21-24H2,1-6H3,(H,45,54)(H,47,51)(H,48,53)/b12-8-/t25-,26-,27-,29-,32+,33+,42-/m1/s1. The van der Waals surface area contributed by atoms with Gasteiger partial charge in [0.2, 0.25) is 33.7 Å². The third-order valence-corrected chi connectivity index (χ3v) is 14.6. The first kappa shape index (κ1) is 43.4. The quantitative estimate of drug-likeness (QED) is 0.303. The van der Waals surface area contributed by atoms with E-state index in [0.29, 0.717) is 35.4 Å². The molecule has 7 rings (SSSR count). The molecule has 18 heteroatoms. The summed E-state index contributed by atoms with van der Waals surface area (Å²) in [5.74, 6) is -1.70. The molecule has 7 atom stereocenters. The summed E-state index contributed by atoms with van der Waals surface area (Å²) in [7, 11) is -2.83. The Balaban J connectivity index is 1.24. The van der Waals surface area contributed by atoms with Crippen LogP contribution in [0.1, 0.15) is 92.4 Å². The molecule has 328 valence electrons. The Kier molecular flexibility index (Phi) is 12.0. The zero-order valence-corrected chi connectivity index (χ0v) is 36.1. The summed E-state index contributed by atoms with van der Waals surface area (Å²) in [5, 5.41) is 6.26. The molecular weight excluding hydrogens is 798 g/mol. The van der Waals surface area contributed by atoms with E-state index in [9.17, 15) is 32.0 Å². The van der Waals surface area contributed by atoms with Crippen molar-refractivity contribution >= 4 is 50.7 Å². The summed E-state index contributed by atoms with van der Waals surface area (Å²) in [6, 6.07) is 3.04. The number of alkyl halides is 1. The summed E-state index contributed by atoms with van der Waals surface area (Å²) < 4.78 is 58.6. The number of benzene rings is 1. The maximum Gasteiger partial charge on any atom is 0.408 e. The van der Waals surface area contributed by atoms with Crippen molar-refractivity contribution in [1.29, 1.82) is 0 Å². The van der Waals surface area contributed by atoms with Crippen LogP contribution in [-0.2, 0) is 29.1 Å². The largest absolute Gasteiger partial charge is 0.497 e. The molecule has 0 unspecified atom stereocenters. The van der Waals surface area contributed by atoms with E-state index in [0.717, 1.165) is 32.4 Å². The lowest BCUT2D eigenvalue weighted by Crippen LogP contribution is -2.59. The van der Waals surface area contributed by atoms with Gasteiger partial charge in [0.15, 0.2) is 0 Å². The normalized spacial score (nSPS) is 29.9. The number of halogens is 1. The molecular formula is C42H58FN7O9S. The monoisotopic (exact) mass is 855 g/mol. The van der Waals surface area contributed by atoms with Gasteiger partial charge in [-0.2, -0.15) is 4.98 Å². The molecule has 0 spiro atoms. The SMILES string of the molecule is COc1ccc2c(O[C@@H]3C[C@H]4C(=O)N[C@]5(C(=O)NS(=O)(=O)C6(CF)CC6)C[C@H]5/C=C\CC[C@@H](C)C[C@@H](C)[C@H](NC(=O)OC(C)(C)C)C(=O)N4C3)nc(N3CCCC3)nc2c1. The minimum Gasteiger partial charge on any atom is -0.497 e. The molecule has 4 fully saturated rings. The number of nitrogens with zero attached hydrogens (tertiary/aromatic N) is 4. The van der Waals surface area contributed by atoms with E-state index < -0.39 is 80.5 Å². The van der Waals surface area contributed by atoms with Crippen LogP contribution in [0.5, 0.6) is 11.6 Å². The molecule has 4 heterocycles. The number of alkyl carbamates (subject to hydrolysis) is 1. The molecule has 5 aliphatic rings. The van der Waals surface area contributed by atoms with Crippen molar-refractivity contribution in [2.24, 2.45) is 17.8 Å². The summed E-state index contributed by atoms with van der Waals surface area (Å²) in [4.78, 5) is 70.0. The number of carbonyl (C=O) groups excluding carboxylic acids is 4. The highest BCUT2D eigenvalue weighted by molar-refractivity contribution is 7.91. The van der Waals surface area contributed by atoms with E-state index in [2.05, 4.69) is 27.2 Å². The first-order valence-electron chi connectivity index (χ1n) is 21.1. The van der Waals surface area contributed by atoms with Crippen LogP contribution < -0.4 is 29.7 Å². The average Bonchev–Trinajstić information content (AvgIpc) is 4.00. The molecule has 2 aliphatic carbocycles. The Hall–Kier alpha value is -4.74. The van der Waals surface area contributed by atoms with Gasteiger partial charge in [0, 0.05) is 31.5 Å². The number of nitrogens with one attached hydrogen (secondary N) is 3. The van der Waals surface area contributed by atoms with Gasteiger partial charge in [-0.05, 0) is 96.1 Å². The fourth-order valence-electron chi connectivity index (χ4n) is 8.69. The van der Waals surface area contributed by atoms with Gasteiger partial charge in [-0.3, -0.25) is 19.1 Å². The van der Waals surface area contributed by atoms with E-state index in [4.69, 9.17) is 24.2 Å². The number of anilines is 1. The van der Waals surface area contributed by atoms with Crippen LogP contribution in [0.3, 0.4) is 0 Å². The number of aromatic nitrogens is 2. The van der Waals surface area contributed by atoms with Crippen LogP contribution in [0.2, 0.25) is 0 Å². The molecule has 1 aromatic carbocycles. The maximum absolute atomic E-state index is 14.9. The minimum absolute atomic E-state index is 0.0241. The highest BCUT2D eigenvalue weighted by atomic mass is 32.2. The molecule has 60 heavy (non-hydrogen) atoms. The predicted octanol–water partition coefficient (Wildman–Crippen LogP) is 4.32. The second kappa shape index (κ2) is 16.6. The number of methoxy groups -OCH3 is 1. The topological polar surface area (TPSA) is 198 Å². The van der Waals surface area contributed by atoms with Gasteiger partial charge in [0.25, 0.3) is 5.91 Å². The highest BCUT2D eigenvalue weighted by Crippen LogP contribution is 2.48. The van der Waals surface area contributed by atoms with Gasteiger partial charge in [-0.15, -0.1) is 0 Å². The highest BCUT2D eigenvalue weighted by Gasteiger charge is 2.64. The third kappa shape index (κ3) is 8.98. The van der Waals surface area contributed by atoms with Gasteiger partial charge in [-0.1, -0.05) is 26.0 Å². The minimum atomic E-state index is -4.40. The van der Waals surface area contributed by atoms with Crippen molar-refractivity contribution < 1.29 is 46.2 Å². The fourth-order valence-corrected chi connectivity index (χ4v) is 10.1. The van der Waals surface area contributed by atoms with E-state index in [1.165, 1.54) is 4.90 Å². The van der Waals surface area contributed by atoms with Gasteiger partial charge in [-0.25, -0.2) is 22.6 Å². The van der Waals surface area contributed by atoms with Crippen molar-refractivity contribution in [1.82, 2.24) is 30.2 Å². The molecule has 4 amide bonds. The average molecular weight is 856 g/mol. The number of rotatable bonds is 9. The Morgan fingerprint density at radius 1 is 1.08 bits per heavy atom. The van der Waals surface area contributed by atoms with Gasteiger partial charge in [0.1, 0.15) is 46.5 Å². The van der Waals surface area contributed by atoms with Crippen molar-refractivity contribution in [3.63, 3.8) is 0 Å². The summed E-state index contributed by atoms with van der Waals surface area (Å²) >= 11 is 0. The Morgan fingerprint density at radius 3 is 2.48 bits per heavy atom. The second-order valence-electron chi connectivity index (χ2n) is 18.4. The van der Waals surface area contributed by atoms with E-state index in [1.807, 2.05) is 19.1 Å². The molecule has 3 aliphatic heterocycles. The number of sulfonamides is 1. The maximum atomic E-state index is 14.9. The van der Waals surface area contributed by atoms with Crippen LogP contribution in [0, 0.1) is 17.8 Å². The van der Waals surface area contributed by atoms with Gasteiger partial charge < -0.3 is 34.6 Å². The van der Waals surface area contributed by atoms with Crippen LogP contribution in [-0.4, -0.2) is 115 Å². The van der Waals surface area contributed by atoms with Crippen molar-refractivity contribution in [2.75, 3.05) is 38.3 Å². The number of hydrogen-bond donors (Lipinski definition) is 3. The van der Waals surface area contributed by atoms with Crippen molar-refractivity contribution in [3.8, 4) is 11.6 Å². The van der Waals surface area contributed by atoms with E-state index in [1.54, 1.807) is 46.1 Å². The molecule has 2 aromatic rings. The molecule has 2 saturated heterocycles. The predicted molar refractivity (Wildman–Crippen MR) is 221 cm³/mol. The van der Waals surface area contributed by atoms with Crippen LogP contribution in [0.25, 0.3) is 10.9 Å². The van der Waals surface area contributed by atoms with E-state index in [-0.39, 0.29) is 49.9 Å². The number of amides is 4. The number of hydrogen-bond acceptors (Lipinski definition) is 12. The van der Waals surface area contributed by atoms with Crippen LogP contribution in [0.4, 0.5) is 15.1 Å². The number of allylic oxidation sites excluding steroid dienone is 1. The number of fused-ring (bicyclic) bond motifs is 3. The lowest BCUT2D eigenvalue weighted by molar-refractivity contribution is -0.142. The summed E-state index contributed by atoms with van der Waals surface area (Å²) in [6.45, 7) is 9.42. The zero-order valence-electron chi connectivity index (χ0n) is 35.3. The lowest BCUT2D eigenvalue weighted by Gasteiger charge is -2.33. The first-order valence-corrected chi connectivity index (χ1v) is 22.5. The molecule has 0 bridgehead atoms. The second-order valence-corrected chi connectivity index (χ2v) is 20.4. The first-order chi connectivity index (χ1) is 28.4. The zero-order chi connectivity index (χ0) is 43.2. The molecule has 0 radical (unpaired) electrons.